The van der Waals surface area contributed by atoms with Crippen LogP contribution in [-0.2, 0) is 0 Å². The molecule has 0 atom stereocenters. The highest BCUT2D eigenvalue weighted by molar-refractivity contribution is 5.29. The van der Waals surface area contributed by atoms with Gasteiger partial charge in [-0.1, -0.05) is 63.8 Å². The molecular weight excluding hydrogens is 144 g/mol. The molecule has 0 fully saturated rings. The normalized spacial score (nSPS) is 10.4. The second-order valence-electron chi connectivity index (χ2n) is 2.29. The van der Waals surface area contributed by atoms with Crippen molar-refractivity contribution in [2.75, 3.05) is 0 Å². The van der Waals surface area contributed by atoms with E-state index in [1.165, 1.54) is 6.42 Å². The second kappa shape index (κ2) is 12.6. The van der Waals surface area contributed by atoms with E-state index in [0.717, 1.165) is 5.57 Å². The first-order valence-corrected chi connectivity index (χ1v) is 4.34. The maximum Gasteiger partial charge on any atom is -0.0305 e. The minimum atomic E-state index is 1.12. The van der Waals surface area contributed by atoms with E-state index in [1.807, 2.05) is 25.2 Å². The molecule has 0 unspecified atom stereocenters. The summed E-state index contributed by atoms with van der Waals surface area (Å²) >= 11 is 0. The van der Waals surface area contributed by atoms with Crippen LogP contribution in [0.25, 0.3) is 0 Å². The van der Waals surface area contributed by atoms with Crippen molar-refractivity contribution >= 4 is 0 Å². The van der Waals surface area contributed by atoms with Gasteiger partial charge in [0.25, 0.3) is 0 Å². The van der Waals surface area contributed by atoms with Gasteiger partial charge in [-0.2, -0.15) is 0 Å². The van der Waals surface area contributed by atoms with Crippen molar-refractivity contribution in [2.45, 2.75) is 27.2 Å². The van der Waals surface area contributed by atoms with Crippen LogP contribution >= 0.6 is 0 Å². The fraction of sp³-hybridized carbons (Fsp3) is 0.333. The summed E-state index contributed by atoms with van der Waals surface area (Å²) < 4.78 is 0. The number of rotatable bonds is 3. The minimum absolute atomic E-state index is 1.12. The molecule has 0 bridgehead atoms. The van der Waals surface area contributed by atoms with Crippen LogP contribution in [0.3, 0.4) is 0 Å². The summed E-state index contributed by atoms with van der Waals surface area (Å²) in [7, 11) is 0. The third-order valence-corrected chi connectivity index (χ3v) is 0.994. The Balaban J connectivity index is 0. The van der Waals surface area contributed by atoms with Crippen LogP contribution in [0.4, 0.5) is 0 Å². The Bertz CT molecular complexity index is 159. The molecule has 0 aromatic heterocycles. The molecule has 0 aliphatic rings. The van der Waals surface area contributed by atoms with Gasteiger partial charge in [-0.05, 0) is 12.5 Å². The van der Waals surface area contributed by atoms with Crippen molar-refractivity contribution in [1.29, 1.82) is 0 Å². The summed E-state index contributed by atoms with van der Waals surface area (Å²) in [5, 5.41) is 0. The molecule has 0 spiro atoms. The molecule has 0 aliphatic heterocycles. The minimum Gasteiger partial charge on any atom is -0.0991 e. The van der Waals surface area contributed by atoms with Crippen LogP contribution in [0.15, 0.2) is 49.1 Å². The monoisotopic (exact) mass is 164 g/mol. The molecular formula is C12H20. The van der Waals surface area contributed by atoms with E-state index >= 15 is 0 Å². The van der Waals surface area contributed by atoms with Gasteiger partial charge in [0.1, 0.15) is 0 Å². The lowest BCUT2D eigenvalue weighted by Gasteiger charge is -1.85. The van der Waals surface area contributed by atoms with Gasteiger partial charge in [0, 0.05) is 0 Å². The van der Waals surface area contributed by atoms with Crippen LogP contribution < -0.4 is 0 Å². The molecule has 0 heteroatoms. The number of allylic oxidation sites excluding steroid dienone is 6. The van der Waals surface area contributed by atoms with Crippen molar-refractivity contribution < 1.29 is 0 Å². The summed E-state index contributed by atoms with van der Waals surface area (Å²) in [5.74, 6) is 0. The zero-order valence-corrected chi connectivity index (χ0v) is 8.51. The Kier molecular flexibility index (Phi) is 14.2. The van der Waals surface area contributed by atoms with E-state index in [0.29, 0.717) is 0 Å². The van der Waals surface area contributed by atoms with Crippen LogP contribution in [0.1, 0.15) is 27.2 Å². The Hall–Kier alpha value is -1.04. The molecule has 0 saturated heterocycles. The maximum absolute atomic E-state index is 3.63. The molecule has 12 heavy (non-hydrogen) atoms. The van der Waals surface area contributed by atoms with Gasteiger partial charge < -0.3 is 0 Å². The predicted molar refractivity (Wildman–Crippen MR) is 59.3 cm³/mol. The van der Waals surface area contributed by atoms with Gasteiger partial charge in [0.05, 0.1) is 0 Å². The standard InChI is InChI=1S/C9H12.C3H8/c1-4-7-8-9(5-2)6-3;1-3-2/h4-8H,1-2H2,3H3;3H2,1-2H3/b8-7-,9-6-;. The molecule has 0 saturated carbocycles. The first kappa shape index (κ1) is 13.5. The van der Waals surface area contributed by atoms with Crippen LogP contribution in [0.5, 0.6) is 0 Å². The van der Waals surface area contributed by atoms with E-state index in [9.17, 15) is 0 Å². The van der Waals surface area contributed by atoms with Gasteiger partial charge in [-0.25, -0.2) is 0 Å². The molecule has 0 aromatic carbocycles. The average molecular weight is 164 g/mol. The highest BCUT2D eigenvalue weighted by Crippen LogP contribution is 1.96. The fourth-order valence-corrected chi connectivity index (χ4v) is 0.461. The third kappa shape index (κ3) is 11.7. The van der Waals surface area contributed by atoms with Crippen molar-refractivity contribution in [3.8, 4) is 0 Å². The Morgan fingerprint density at radius 3 is 2.00 bits per heavy atom. The summed E-state index contributed by atoms with van der Waals surface area (Å²) in [5.41, 5.74) is 1.12. The first-order valence-electron chi connectivity index (χ1n) is 4.34. The fourth-order valence-electron chi connectivity index (χ4n) is 0.461. The largest absolute Gasteiger partial charge is 0.0991 e. The van der Waals surface area contributed by atoms with Crippen LogP contribution in [0, 0.1) is 0 Å². The first-order chi connectivity index (χ1) is 5.76. The highest BCUT2D eigenvalue weighted by Gasteiger charge is 1.75. The van der Waals surface area contributed by atoms with Gasteiger partial charge >= 0.3 is 0 Å². The number of hydrogen-bond donors (Lipinski definition) is 0. The molecule has 0 N–H and O–H groups in total. The Morgan fingerprint density at radius 2 is 1.75 bits per heavy atom. The Morgan fingerprint density at radius 1 is 1.25 bits per heavy atom. The van der Waals surface area contributed by atoms with Crippen LogP contribution in [0.2, 0.25) is 0 Å². The van der Waals surface area contributed by atoms with Gasteiger partial charge in [-0.3, -0.25) is 0 Å². The van der Waals surface area contributed by atoms with Crippen molar-refractivity contribution in [1.82, 2.24) is 0 Å². The van der Waals surface area contributed by atoms with E-state index in [1.54, 1.807) is 12.2 Å². The zero-order valence-electron chi connectivity index (χ0n) is 8.51. The lowest BCUT2D eigenvalue weighted by Crippen LogP contribution is -1.64. The smallest absolute Gasteiger partial charge is 0.0305 e. The molecule has 0 aromatic rings. The van der Waals surface area contributed by atoms with Crippen molar-refractivity contribution in [2.24, 2.45) is 0 Å². The molecule has 68 valence electrons. The van der Waals surface area contributed by atoms with E-state index in [-0.39, 0.29) is 0 Å². The molecule has 0 nitrogen and oxygen atoms in total. The summed E-state index contributed by atoms with van der Waals surface area (Å²) in [6.45, 7) is 13.4. The predicted octanol–water partition coefficient (Wildman–Crippen LogP) is 4.28. The lowest BCUT2D eigenvalue weighted by atomic mass is 10.2. The van der Waals surface area contributed by atoms with Crippen molar-refractivity contribution in [3.05, 3.63) is 49.1 Å². The van der Waals surface area contributed by atoms with Gasteiger partial charge in [0.2, 0.25) is 0 Å². The molecule has 0 aliphatic carbocycles. The lowest BCUT2D eigenvalue weighted by molar-refractivity contribution is 1.09. The summed E-state index contributed by atoms with van der Waals surface area (Å²) in [4.78, 5) is 0. The topological polar surface area (TPSA) is 0 Å². The zero-order chi connectivity index (χ0) is 9.82. The quantitative estimate of drug-likeness (QED) is 0.546. The molecule has 0 amide bonds. The third-order valence-electron chi connectivity index (χ3n) is 0.994. The summed E-state index contributed by atoms with van der Waals surface area (Å²) in [6.07, 6.45) is 10.6. The van der Waals surface area contributed by atoms with E-state index in [2.05, 4.69) is 27.0 Å². The number of hydrogen-bond acceptors (Lipinski definition) is 0. The molecule has 0 radical (unpaired) electrons. The highest BCUT2D eigenvalue weighted by atomic mass is 13.8. The Labute approximate surface area is 77.0 Å². The summed E-state index contributed by atoms with van der Waals surface area (Å²) in [6, 6.07) is 0. The average Bonchev–Trinajstić information content (AvgIpc) is 2.08. The SMILES string of the molecule is C=C/C=C\C(C=C)=C/C.CCC. The molecule has 0 heterocycles. The van der Waals surface area contributed by atoms with Crippen molar-refractivity contribution in [3.63, 3.8) is 0 Å². The second-order valence-corrected chi connectivity index (χ2v) is 2.29. The van der Waals surface area contributed by atoms with Gasteiger partial charge in [0.15, 0.2) is 0 Å². The van der Waals surface area contributed by atoms with Crippen LogP contribution in [-0.4, -0.2) is 0 Å². The maximum atomic E-state index is 3.63. The van der Waals surface area contributed by atoms with E-state index in [4.69, 9.17) is 0 Å². The molecule has 0 rings (SSSR count). The van der Waals surface area contributed by atoms with E-state index < -0.39 is 0 Å². The van der Waals surface area contributed by atoms with Gasteiger partial charge in [-0.15, -0.1) is 0 Å².